The SMILES string of the molecule is Cc1csc(N(C(=O)C=Cc2cccc([N+](=O)[O-])c2)c2ccccc2)n1. The van der Waals surface area contributed by atoms with E-state index in [-0.39, 0.29) is 11.6 Å². The number of amides is 1. The smallest absolute Gasteiger partial charge is 0.269 e. The number of carbonyl (C=O) groups is 1. The van der Waals surface area contributed by atoms with Crippen molar-refractivity contribution in [3.8, 4) is 0 Å². The van der Waals surface area contributed by atoms with E-state index in [2.05, 4.69) is 4.98 Å². The van der Waals surface area contributed by atoms with E-state index in [1.165, 1.54) is 34.4 Å². The lowest BCUT2D eigenvalue weighted by Gasteiger charge is -2.18. The topological polar surface area (TPSA) is 76.3 Å². The van der Waals surface area contributed by atoms with Gasteiger partial charge in [0.15, 0.2) is 5.13 Å². The molecule has 0 aliphatic carbocycles. The number of carbonyl (C=O) groups excluding carboxylic acids is 1. The van der Waals surface area contributed by atoms with Crippen LogP contribution in [0.4, 0.5) is 16.5 Å². The number of nitro benzene ring substituents is 1. The molecule has 0 fully saturated rings. The number of nitro groups is 1. The number of benzene rings is 2. The Hall–Kier alpha value is -3.32. The molecule has 0 N–H and O–H groups in total. The van der Waals surface area contributed by atoms with Gasteiger partial charge in [0.2, 0.25) is 0 Å². The van der Waals surface area contributed by atoms with Crippen molar-refractivity contribution in [3.63, 3.8) is 0 Å². The zero-order valence-electron chi connectivity index (χ0n) is 13.9. The van der Waals surface area contributed by atoms with Gasteiger partial charge in [-0.25, -0.2) is 4.98 Å². The Morgan fingerprint density at radius 1 is 1.19 bits per heavy atom. The number of anilines is 2. The first-order chi connectivity index (χ1) is 12.5. The number of para-hydroxylation sites is 1. The van der Waals surface area contributed by atoms with Crippen molar-refractivity contribution < 1.29 is 9.72 Å². The first-order valence-corrected chi connectivity index (χ1v) is 8.66. The quantitative estimate of drug-likeness (QED) is 0.372. The zero-order chi connectivity index (χ0) is 18.5. The van der Waals surface area contributed by atoms with Gasteiger partial charge in [-0.2, -0.15) is 0 Å². The van der Waals surface area contributed by atoms with E-state index in [0.717, 1.165) is 5.69 Å². The largest absolute Gasteiger partial charge is 0.270 e. The molecule has 1 aromatic heterocycles. The van der Waals surface area contributed by atoms with Crippen molar-refractivity contribution >= 4 is 39.8 Å². The van der Waals surface area contributed by atoms with Crippen LogP contribution in [0.5, 0.6) is 0 Å². The van der Waals surface area contributed by atoms with Gasteiger partial charge in [0.05, 0.1) is 16.3 Å². The van der Waals surface area contributed by atoms with Gasteiger partial charge >= 0.3 is 0 Å². The lowest BCUT2D eigenvalue weighted by atomic mass is 10.2. The molecular formula is C19H15N3O3S. The van der Waals surface area contributed by atoms with Crippen molar-refractivity contribution in [2.45, 2.75) is 6.92 Å². The Labute approximate surface area is 154 Å². The highest BCUT2D eigenvalue weighted by Gasteiger charge is 2.18. The van der Waals surface area contributed by atoms with Gasteiger partial charge < -0.3 is 0 Å². The minimum absolute atomic E-state index is 0.0185. The summed E-state index contributed by atoms with van der Waals surface area (Å²) in [5.41, 5.74) is 2.10. The first kappa shape index (κ1) is 17.5. The third kappa shape index (κ3) is 4.01. The van der Waals surface area contributed by atoms with E-state index in [0.29, 0.717) is 16.4 Å². The molecule has 0 aliphatic rings. The van der Waals surface area contributed by atoms with Crippen molar-refractivity contribution in [3.05, 3.63) is 87.4 Å². The molecule has 0 saturated heterocycles. The van der Waals surface area contributed by atoms with Crippen LogP contribution in [-0.4, -0.2) is 15.8 Å². The summed E-state index contributed by atoms with van der Waals surface area (Å²) in [4.78, 5) is 29.1. The summed E-state index contributed by atoms with van der Waals surface area (Å²) in [5.74, 6) is -0.281. The van der Waals surface area contributed by atoms with Gasteiger partial charge in [0.1, 0.15) is 0 Å². The summed E-state index contributed by atoms with van der Waals surface area (Å²) >= 11 is 1.38. The van der Waals surface area contributed by atoms with Gasteiger partial charge in [-0.3, -0.25) is 19.8 Å². The molecule has 1 amide bonds. The van der Waals surface area contributed by atoms with E-state index in [4.69, 9.17) is 0 Å². The summed E-state index contributed by atoms with van der Waals surface area (Å²) < 4.78 is 0. The lowest BCUT2D eigenvalue weighted by Crippen LogP contribution is -2.23. The molecule has 0 atom stereocenters. The number of aromatic nitrogens is 1. The van der Waals surface area contributed by atoms with Crippen LogP contribution < -0.4 is 4.90 Å². The Kier molecular flexibility index (Phi) is 5.19. The van der Waals surface area contributed by atoms with Crippen molar-refractivity contribution in [1.82, 2.24) is 4.98 Å². The van der Waals surface area contributed by atoms with Crippen LogP contribution in [0.1, 0.15) is 11.3 Å². The maximum absolute atomic E-state index is 12.8. The number of rotatable bonds is 5. The van der Waals surface area contributed by atoms with Gasteiger partial charge in [-0.05, 0) is 30.7 Å². The molecule has 26 heavy (non-hydrogen) atoms. The molecule has 0 spiro atoms. The highest BCUT2D eigenvalue weighted by molar-refractivity contribution is 7.14. The summed E-state index contributed by atoms with van der Waals surface area (Å²) in [6.07, 6.45) is 2.95. The summed E-state index contributed by atoms with van der Waals surface area (Å²) in [7, 11) is 0. The van der Waals surface area contributed by atoms with E-state index < -0.39 is 4.92 Å². The Morgan fingerprint density at radius 3 is 2.62 bits per heavy atom. The molecular weight excluding hydrogens is 350 g/mol. The molecule has 0 aliphatic heterocycles. The first-order valence-electron chi connectivity index (χ1n) is 7.78. The standard InChI is InChI=1S/C19H15N3O3S/c1-14-13-26-19(20-14)21(16-7-3-2-4-8-16)18(23)11-10-15-6-5-9-17(12-15)22(24)25/h2-13H,1H3. The van der Waals surface area contributed by atoms with Crippen LogP contribution in [0.2, 0.25) is 0 Å². The van der Waals surface area contributed by atoms with Gasteiger partial charge in [-0.15, -0.1) is 11.3 Å². The van der Waals surface area contributed by atoms with Gasteiger partial charge in [0, 0.05) is 23.6 Å². The Balaban J connectivity index is 1.91. The van der Waals surface area contributed by atoms with Crippen LogP contribution >= 0.6 is 11.3 Å². The number of hydrogen-bond acceptors (Lipinski definition) is 5. The second kappa shape index (κ2) is 7.71. The van der Waals surface area contributed by atoms with Crippen molar-refractivity contribution in [2.75, 3.05) is 4.90 Å². The predicted octanol–water partition coefficient (Wildman–Crippen LogP) is 4.74. The van der Waals surface area contributed by atoms with Crippen LogP contribution in [0, 0.1) is 17.0 Å². The highest BCUT2D eigenvalue weighted by Crippen LogP contribution is 2.29. The molecule has 2 aromatic carbocycles. The monoisotopic (exact) mass is 365 g/mol. The average molecular weight is 365 g/mol. The second-order valence-electron chi connectivity index (χ2n) is 5.47. The third-order valence-electron chi connectivity index (χ3n) is 3.53. The number of nitrogens with zero attached hydrogens (tertiary/aromatic N) is 3. The van der Waals surface area contributed by atoms with Crippen LogP contribution in [0.3, 0.4) is 0 Å². The van der Waals surface area contributed by atoms with Gasteiger partial charge in [-0.1, -0.05) is 30.3 Å². The lowest BCUT2D eigenvalue weighted by molar-refractivity contribution is -0.384. The average Bonchev–Trinajstić information content (AvgIpc) is 3.07. The Morgan fingerprint density at radius 2 is 1.96 bits per heavy atom. The molecule has 0 unspecified atom stereocenters. The molecule has 0 radical (unpaired) electrons. The molecule has 3 aromatic rings. The fourth-order valence-corrected chi connectivity index (χ4v) is 3.16. The van der Waals surface area contributed by atoms with Crippen molar-refractivity contribution in [2.24, 2.45) is 0 Å². The fraction of sp³-hybridized carbons (Fsp3) is 0.0526. The van der Waals surface area contributed by atoms with Crippen LogP contribution in [-0.2, 0) is 4.79 Å². The van der Waals surface area contributed by atoms with Gasteiger partial charge in [0.25, 0.3) is 11.6 Å². The van der Waals surface area contributed by atoms with Crippen molar-refractivity contribution in [1.29, 1.82) is 0 Å². The van der Waals surface area contributed by atoms with E-state index in [1.54, 1.807) is 18.2 Å². The Bertz CT molecular complexity index is 967. The van der Waals surface area contributed by atoms with E-state index in [1.807, 2.05) is 42.6 Å². The summed E-state index contributed by atoms with van der Waals surface area (Å²) in [6.45, 7) is 1.87. The molecule has 6 nitrogen and oxygen atoms in total. The molecule has 0 saturated carbocycles. The minimum Gasteiger partial charge on any atom is -0.269 e. The normalized spacial score (nSPS) is 10.8. The maximum atomic E-state index is 12.8. The number of hydrogen-bond donors (Lipinski definition) is 0. The molecule has 1 heterocycles. The molecule has 130 valence electrons. The van der Waals surface area contributed by atoms with E-state index in [9.17, 15) is 14.9 Å². The van der Waals surface area contributed by atoms with Crippen LogP contribution in [0.15, 0.2) is 66.1 Å². The zero-order valence-corrected chi connectivity index (χ0v) is 14.7. The fourth-order valence-electron chi connectivity index (χ4n) is 2.34. The number of non-ortho nitro benzene ring substituents is 1. The minimum atomic E-state index is -0.465. The second-order valence-corrected chi connectivity index (χ2v) is 6.30. The summed E-state index contributed by atoms with van der Waals surface area (Å²) in [5, 5.41) is 13.3. The number of aryl methyl sites for hydroxylation is 1. The highest BCUT2D eigenvalue weighted by atomic mass is 32.1. The number of thiazole rings is 1. The van der Waals surface area contributed by atoms with Crippen LogP contribution in [0.25, 0.3) is 6.08 Å². The summed E-state index contributed by atoms with van der Waals surface area (Å²) in [6, 6.07) is 15.3. The molecule has 3 rings (SSSR count). The predicted molar refractivity (Wildman–Crippen MR) is 103 cm³/mol. The maximum Gasteiger partial charge on any atom is 0.270 e. The van der Waals surface area contributed by atoms with E-state index >= 15 is 0 Å². The molecule has 7 heteroatoms. The molecule has 0 bridgehead atoms. The third-order valence-corrected chi connectivity index (χ3v) is 4.48.